The average Bonchev–Trinajstić information content (AvgIpc) is 3.31. The predicted molar refractivity (Wildman–Crippen MR) is 153 cm³/mol. The van der Waals surface area contributed by atoms with Gasteiger partial charge in [-0.25, -0.2) is 4.68 Å². The Morgan fingerprint density at radius 1 is 1.11 bits per heavy atom. The maximum Gasteiger partial charge on any atom is 0.255 e. The number of hydrogen-bond donors (Lipinski definition) is 2. The van der Waals surface area contributed by atoms with Crippen LogP contribution in [-0.2, 0) is 10.5 Å². The van der Waals surface area contributed by atoms with Crippen molar-refractivity contribution in [2.75, 3.05) is 17.7 Å². The number of allylic oxidation sites excluding steroid dienone is 1. The summed E-state index contributed by atoms with van der Waals surface area (Å²) in [6, 6.07) is 20.7. The van der Waals surface area contributed by atoms with Gasteiger partial charge in [-0.1, -0.05) is 71.4 Å². The number of nitrogens with one attached hydrogen (secondary N) is 2. The lowest BCUT2D eigenvalue weighted by Gasteiger charge is -2.28. The molecule has 0 saturated heterocycles. The Morgan fingerprint density at radius 2 is 1.87 bits per heavy atom. The number of amides is 1. The number of rotatable bonds is 7. The number of benzene rings is 3. The van der Waals surface area contributed by atoms with Crippen molar-refractivity contribution in [2.45, 2.75) is 37.7 Å². The number of methoxy groups -OCH3 is 1. The van der Waals surface area contributed by atoms with E-state index in [9.17, 15) is 4.79 Å². The first kappa shape index (κ1) is 25.9. The number of para-hydroxylation sites is 2. The average molecular weight is 546 g/mol. The molecule has 1 amide bonds. The smallest absolute Gasteiger partial charge is 0.255 e. The molecule has 2 heterocycles. The van der Waals surface area contributed by atoms with Crippen LogP contribution in [0.25, 0.3) is 0 Å². The van der Waals surface area contributed by atoms with E-state index in [-0.39, 0.29) is 5.91 Å². The standard InChI is InChI=1S/C29H28ClN5O2S/c1-17-9-10-18(2)21(15-17)16-38-29-33-28-31-19(3)25(27(36)32-23-7-5-6-8-24(23)37-4)26(35(28)34-29)20-11-13-22(30)14-12-20/h5-15,26H,16H2,1-4H3,(H,32,36)(H,31,33,34)/t26-/m1/s1. The van der Waals surface area contributed by atoms with Crippen LogP contribution < -0.4 is 15.4 Å². The first-order chi connectivity index (χ1) is 18.3. The van der Waals surface area contributed by atoms with Gasteiger partial charge in [0.25, 0.3) is 5.91 Å². The van der Waals surface area contributed by atoms with Crippen LogP contribution in [0.5, 0.6) is 5.75 Å². The van der Waals surface area contributed by atoms with Crippen LogP contribution in [0.2, 0.25) is 5.02 Å². The van der Waals surface area contributed by atoms with Gasteiger partial charge in [0.1, 0.15) is 11.8 Å². The highest BCUT2D eigenvalue weighted by molar-refractivity contribution is 7.98. The molecule has 7 nitrogen and oxygen atoms in total. The van der Waals surface area contributed by atoms with Crippen LogP contribution in [0, 0.1) is 13.8 Å². The number of fused-ring (bicyclic) bond motifs is 1. The van der Waals surface area contributed by atoms with Gasteiger partial charge in [-0.3, -0.25) is 4.79 Å². The van der Waals surface area contributed by atoms with Gasteiger partial charge in [-0.2, -0.15) is 4.98 Å². The second-order valence-corrected chi connectivity index (χ2v) is 10.5. The van der Waals surface area contributed by atoms with Gasteiger partial charge in [0.2, 0.25) is 11.1 Å². The fourth-order valence-electron chi connectivity index (χ4n) is 4.48. The molecule has 2 N–H and O–H groups in total. The number of aromatic nitrogens is 3. The summed E-state index contributed by atoms with van der Waals surface area (Å²) in [4.78, 5) is 18.5. The number of nitrogens with zero attached hydrogens (tertiary/aromatic N) is 3. The third-order valence-corrected chi connectivity index (χ3v) is 7.62. The quantitative estimate of drug-likeness (QED) is 0.249. The lowest BCUT2D eigenvalue weighted by molar-refractivity contribution is -0.113. The summed E-state index contributed by atoms with van der Waals surface area (Å²) in [6.45, 7) is 6.08. The molecule has 5 rings (SSSR count). The van der Waals surface area contributed by atoms with Gasteiger partial charge >= 0.3 is 0 Å². The Morgan fingerprint density at radius 3 is 2.63 bits per heavy atom. The van der Waals surface area contributed by atoms with Gasteiger partial charge in [0, 0.05) is 16.5 Å². The third-order valence-electron chi connectivity index (χ3n) is 6.48. The van der Waals surface area contributed by atoms with Crippen molar-refractivity contribution in [1.82, 2.24) is 14.8 Å². The van der Waals surface area contributed by atoms with E-state index in [1.807, 2.05) is 55.5 Å². The molecule has 0 radical (unpaired) electrons. The van der Waals surface area contributed by atoms with E-state index in [1.54, 1.807) is 23.6 Å². The number of halogens is 1. The molecule has 3 aromatic carbocycles. The topological polar surface area (TPSA) is 81.1 Å². The molecule has 0 spiro atoms. The highest BCUT2D eigenvalue weighted by atomic mass is 35.5. The van der Waals surface area contributed by atoms with Crippen LogP contribution in [0.3, 0.4) is 0 Å². The van der Waals surface area contributed by atoms with Gasteiger partial charge in [0.05, 0.1) is 18.4 Å². The lowest BCUT2D eigenvalue weighted by atomic mass is 9.95. The summed E-state index contributed by atoms with van der Waals surface area (Å²) in [5.74, 6) is 1.65. The van der Waals surface area contributed by atoms with Crippen LogP contribution in [0.15, 0.2) is 83.2 Å². The molecule has 4 aromatic rings. The highest BCUT2D eigenvalue weighted by Crippen LogP contribution is 2.38. The molecule has 0 unspecified atom stereocenters. The van der Waals surface area contributed by atoms with E-state index in [0.29, 0.717) is 38.8 Å². The van der Waals surface area contributed by atoms with Crippen LogP contribution in [0.4, 0.5) is 11.6 Å². The Labute approximate surface area is 231 Å². The molecule has 0 saturated carbocycles. The first-order valence-electron chi connectivity index (χ1n) is 12.2. The number of carbonyl (C=O) groups is 1. The van der Waals surface area contributed by atoms with Crippen molar-refractivity contribution < 1.29 is 9.53 Å². The SMILES string of the molecule is COc1ccccc1NC(=O)C1=C(C)Nc2nc(SCc3cc(C)ccc3C)nn2[C@@H]1c1ccc(Cl)cc1. The Bertz CT molecular complexity index is 1530. The summed E-state index contributed by atoms with van der Waals surface area (Å²) in [5, 5.41) is 12.4. The Hall–Kier alpha value is -3.75. The van der Waals surface area contributed by atoms with Crippen molar-refractivity contribution >= 4 is 40.9 Å². The summed E-state index contributed by atoms with van der Waals surface area (Å²) in [7, 11) is 1.58. The lowest BCUT2D eigenvalue weighted by Crippen LogP contribution is -2.31. The van der Waals surface area contributed by atoms with Crippen molar-refractivity contribution in [2.24, 2.45) is 0 Å². The van der Waals surface area contributed by atoms with Gasteiger partial charge in [-0.05, 0) is 61.7 Å². The van der Waals surface area contributed by atoms with E-state index in [2.05, 4.69) is 42.7 Å². The molecule has 1 aliphatic heterocycles. The molecular formula is C29H28ClN5O2S. The molecule has 0 bridgehead atoms. The van der Waals surface area contributed by atoms with Crippen molar-refractivity contribution in [3.8, 4) is 5.75 Å². The summed E-state index contributed by atoms with van der Waals surface area (Å²) < 4.78 is 7.21. The number of ether oxygens (including phenoxy) is 1. The highest BCUT2D eigenvalue weighted by Gasteiger charge is 2.34. The summed E-state index contributed by atoms with van der Waals surface area (Å²) >= 11 is 7.76. The van der Waals surface area contributed by atoms with Gasteiger partial charge in [-0.15, -0.1) is 5.10 Å². The molecule has 0 aliphatic carbocycles. The maximum absolute atomic E-state index is 13.7. The minimum atomic E-state index is -0.499. The second kappa shape index (κ2) is 10.9. The van der Waals surface area contributed by atoms with Crippen LogP contribution >= 0.6 is 23.4 Å². The minimum absolute atomic E-state index is 0.259. The fraction of sp³-hybridized carbons (Fsp3) is 0.207. The Kier molecular flexibility index (Phi) is 7.44. The minimum Gasteiger partial charge on any atom is -0.495 e. The molecular weight excluding hydrogens is 518 g/mol. The largest absolute Gasteiger partial charge is 0.495 e. The predicted octanol–water partition coefficient (Wildman–Crippen LogP) is 6.78. The molecule has 194 valence electrons. The van der Waals surface area contributed by atoms with Crippen molar-refractivity contribution in [1.29, 1.82) is 0 Å². The molecule has 1 aromatic heterocycles. The Balaban J connectivity index is 1.49. The molecule has 1 aliphatic rings. The molecule has 38 heavy (non-hydrogen) atoms. The van der Waals surface area contributed by atoms with E-state index in [1.165, 1.54) is 16.7 Å². The van der Waals surface area contributed by atoms with Gasteiger partial charge in [0.15, 0.2) is 0 Å². The zero-order valence-corrected chi connectivity index (χ0v) is 23.2. The fourth-order valence-corrected chi connectivity index (χ4v) is 5.49. The zero-order chi connectivity index (χ0) is 26.8. The van der Waals surface area contributed by atoms with E-state index in [0.717, 1.165) is 11.3 Å². The van der Waals surface area contributed by atoms with Crippen LogP contribution in [0.1, 0.15) is 35.2 Å². The molecule has 9 heteroatoms. The van der Waals surface area contributed by atoms with Gasteiger partial charge < -0.3 is 15.4 Å². The number of thioether (sulfide) groups is 1. The number of hydrogen-bond acceptors (Lipinski definition) is 6. The van der Waals surface area contributed by atoms with E-state index < -0.39 is 6.04 Å². The van der Waals surface area contributed by atoms with E-state index >= 15 is 0 Å². The van der Waals surface area contributed by atoms with Crippen molar-refractivity contribution in [3.63, 3.8) is 0 Å². The molecule has 0 fully saturated rings. The first-order valence-corrected chi connectivity index (χ1v) is 13.5. The van der Waals surface area contributed by atoms with Crippen LogP contribution in [-0.4, -0.2) is 27.8 Å². The zero-order valence-electron chi connectivity index (χ0n) is 21.6. The summed E-state index contributed by atoms with van der Waals surface area (Å²) in [6.07, 6.45) is 0. The normalized spacial score (nSPS) is 14.6. The molecule has 1 atom stereocenters. The monoisotopic (exact) mass is 545 g/mol. The summed E-state index contributed by atoms with van der Waals surface area (Å²) in [5.41, 5.74) is 6.39. The number of aryl methyl sites for hydroxylation is 2. The number of carbonyl (C=O) groups excluding carboxylic acids is 1. The van der Waals surface area contributed by atoms with E-state index in [4.69, 9.17) is 26.4 Å². The maximum atomic E-state index is 13.7. The van der Waals surface area contributed by atoms with Crippen molar-refractivity contribution in [3.05, 3.63) is 105 Å². The third kappa shape index (κ3) is 5.28. The second-order valence-electron chi connectivity index (χ2n) is 9.15. The number of anilines is 2.